The number of carboxylic acid groups (broad SMARTS) is 1. The van der Waals surface area contributed by atoms with E-state index in [2.05, 4.69) is 28.7 Å². The quantitative estimate of drug-likeness (QED) is 0.884. The zero-order valence-corrected chi connectivity index (χ0v) is 10.8. The first-order valence-corrected chi connectivity index (χ1v) is 6.38. The van der Waals surface area contributed by atoms with Crippen molar-refractivity contribution < 1.29 is 9.90 Å². The molecule has 0 aromatic carbocycles. The predicted octanol–water partition coefficient (Wildman–Crippen LogP) is 2.04. The van der Waals surface area contributed by atoms with Crippen molar-refractivity contribution in [3.63, 3.8) is 0 Å². The largest absolute Gasteiger partial charge is 0.481 e. The lowest BCUT2D eigenvalue weighted by atomic mass is 10.1. The molecular weight excluding hydrogens is 230 g/mol. The Morgan fingerprint density at radius 3 is 3.00 bits per heavy atom. The Morgan fingerprint density at radius 2 is 2.33 bits per heavy atom. The number of anilines is 1. The van der Waals surface area contributed by atoms with Crippen molar-refractivity contribution in [1.29, 1.82) is 0 Å². The maximum atomic E-state index is 10.8. The van der Waals surface area contributed by atoms with Crippen LogP contribution in [0.4, 0.5) is 5.82 Å². The molecule has 0 radical (unpaired) electrons. The van der Waals surface area contributed by atoms with E-state index in [1.54, 1.807) is 6.33 Å². The van der Waals surface area contributed by atoms with Gasteiger partial charge in [-0.1, -0.05) is 13.8 Å². The molecule has 1 fully saturated rings. The summed E-state index contributed by atoms with van der Waals surface area (Å²) in [6.07, 6.45) is 3.70. The summed E-state index contributed by atoms with van der Waals surface area (Å²) in [5, 5.41) is 8.92. The number of nitrogens with zero attached hydrogens (tertiary/aromatic N) is 3. The van der Waals surface area contributed by atoms with Gasteiger partial charge in [-0.3, -0.25) is 4.79 Å². The van der Waals surface area contributed by atoms with Crippen molar-refractivity contribution in [3.8, 4) is 0 Å². The highest BCUT2D eigenvalue weighted by atomic mass is 16.4. The Kier molecular flexibility index (Phi) is 3.79. The average Bonchev–Trinajstić information content (AvgIpc) is 2.76. The van der Waals surface area contributed by atoms with Crippen LogP contribution in [0, 0.1) is 0 Å². The minimum Gasteiger partial charge on any atom is -0.481 e. The maximum Gasteiger partial charge on any atom is 0.305 e. The molecule has 2 heterocycles. The van der Waals surface area contributed by atoms with Gasteiger partial charge in [-0.2, -0.15) is 0 Å². The van der Waals surface area contributed by atoms with Crippen LogP contribution in [-0.2, 0) is 4.79 Å². The van der Waals surface area contributed by atoms with Crippen molar-refractivity contribution in [2.24, 2.45) is 0 Å². The highest BCUT2D eigenvalue weighted by Gasteiger charge is 2.27. The van der Waals surface area contributed by atoms with Gasteiger partial charge in [0.05, 0.1) is 6.42 Å². The van der Waals surface area contributed by atoms with E-state index in [-0.39, 0.29) is 12.5 Å². The van der Waals surface area contributed by atoms with E-state index in [1.807, 2.05) is 6.07 Å². The molecule has 1 aliphatic heterocycles. The van der Waals surface area contributed by atoms with Crippen LogP contribution >= 0.6 is 0 Å². The van der Waals surface area contributed by atoms with Gasteiger partial charge in [-0.15, -0.1) is 0 Å². The zero-order valence-electron chi connectivity index (χ0n) is 10.8. The third kappa shape index (κ3) is 2.78. The van der Waals surface area contributed by atoms with E-state index in [1.165, 1.54) is 0 Å². The van der Waals surface area contributed by atoms with Crippen LogP contribution in [-0.4, -0.2) is 33.6 Å². The highest BCUT2D eigenvalue weighted by Crippen LogP contribution is 2.27. The summed E-state index contributed by atoms with van der Waals surface area (Å²) in [4.78, 5) is 21.5. The Bertz CT molecular complexity index is 434. The van der Waals surface area contributed by atoms with Gasteiger partial charge in [0.2, 0.25) is 0 Å². The molecule has 1 unspecified atom stereocenters. The second-order valence-corrected chi connectivity index (χ2v) is 5.04. The van der Waals surface area contributed by atoms with Gasteiger partial charge in [0.15, 0.2) is 0 Å². The fraction of sp³-hybridized carbons (Fsp3) is 0.615. The number of carbonyl (C=O) groups is 1. The summed E-state index contributed by atoms with van der Waals surface area (Å²) < 4.78 is 0. The number of hydrogen-bond acceptors (Lipinski definition) is 4. The number of rotatable bonds is 4. The van der Waals surface area contributed by atoms with E-state index < -0.39 is 5.97 Å². The van der Waals surface area contributed by atoms with Gasteiger partial charge in [0.25, 0.3) is 0 Å². The van der Waals surface area contributed by atoms with Gasteiger partial charge in [-0.25, -0.2) is 9.97 Å². The topological polar surface area (TPSA) is 66.3 Å². The molecule has 98 valence electrons. The van der Waals surface area contributed by atoms with Gasteiger partial charge >= 0.3 is 5.97 Å². The van der Waals surface area contributed by atoms with E-state index in [9.17, 15) is 4.79 Å². The summed E-state index contributed by atoms with van der Waals surface area (Å²) in [6.45, 7) is 5.06. The highest BCUT2D eigenvalue weighted by molar-refractivity contribution is 5.68. The van der Waals surface area contributed by atoms with Crippen LogP contribution in [0.2, 0.25) is 0 Å². The summed E-state index contributed by atoms with van der Waals surface area (Å²) in [5.41, 5.74) is 1.00. The van der Waals surface area contributed by atoms with E-state index in [4.69, 9.17) is 5.11 Å². The van der Waals surface area contributed by atoms with E-state index in [0.717, 1.165) is 30.9 Å². The van der Waals surface area contributed by atoms with Crippen molar-refractivity contribution in [1.82, 2.24) is 9.97 Å². The van der Waals surface area contributed by atoms with Crippen molar-refractivity contribution in [2.45, 2.75) is 45.1 Å². The molecule has 1 atom stereocenters. The van der Waals surface area contributed by atoms with Crippen molar-refractivity contribution in [3.05, 3.63) is 18.1 Å². The molecule has 1 saturated heterocycles. The Morgan fingerprint density at radius 1 is 1.56 bits per heavy atom. The second kappa shape index (κ2) is 5.33. The third-order valence-corrected chi connectivity index (χ3v) is 3.35. The Balaban J connectivity index is 2.19. The lowest BCUT2D eigenvalue weighted by Crippen LogP contribution is -2.32. The van der Waals surface area contributed by atoms with Crippen molar-refractivity contribution in [2.75, 3.05) is 11.4 Å². The minimum atomic E-state index is -0.745. The summed E-state index contributed by atoms with van der Waals surface area (Å²) in [5.74, 6) is 0.467. The monoisotopic (exact) mass is 249 g/mol. The summed E-state index contributed by atoms with van der Waals surface area (Å²) >= 11 is 0. The number of aromatic nitrogens is 2. The molecule has 1 N–H and O–H groups in total. The Hall–Kier alpha value is -1.65. The number of hydrogen-bond donors (Lipinski definition) is 1. The minimum absolute atomic E-state index is 0.0670. The van der Waals surface area contributed by atoms with Crippen LogP contribution < -0.4 is 4.90 Å². The van der Waals surface area contributed by atoms with Crippen LogP contribution in [0.15, 0.2) is 12.4 Å². The molecule has 0 bridgehead atoms. The Labute approximate surface area is 107 Å². The molecule has 2 rings (SSSR count). The average molecular weight is 249 g/mol. The fourth-order valence-electron chi connectivity index (χ4n) is 2.39. The zero-order chi connectivity index (χ0) is 13.1. The van der Waals surface area contributed by atoms with Gasteiger partial charge in [0.1, 0.15) is 12.1 Å². The SMILES string of the molecule is CC(C)c1cc(N2CCCC2CC(=O)O)ncn1. The van der Waals surface area contributed by atoms with Crippen LogP contribution in [0.3, 0.4) is 0 Å². The van der Waals surface area contributed by atoms with Gasteiger partial charge in [-0.05, 0) is 18.8 Å². The van der Waals surface area contributed by atoms with E-state index >= 15 is 0 Å². The lowest BCUT2D eigenvalue weighted by molar-refractivity contribution is -0.137. The van der Waals surface area contributed by atoms with Crippen molar-refractivity contribution >= 4 is 11.8 Å². The number of aliphatic carboxylic acids is 1. The third-order valence-electron chi connectivity index (χ3n) is 3.35. The van der Waals surface area contributed by atoms with E-state index in [0.29, 0.717) is 5.92 Å². The first-order chi connectivity index (χ1) is 8.58. The molecule has 0 saturated carbocycles. The molecular formula is C13H19N3O2. The first kappa shape index (κ1) is 12.8. The summed E-state index contributed by atoms with van der Waals surface area (Å²) in [6, 6.07) is 2.04. The molecule has 5 nitrogen and oxygen atoms in total. The molecule has 1 aliphatic rings. The molecule has 1 aromatic heterocycles. The van der Waals surface area contributed by atoms with Crippen LogP contribution in [0.25, 0.3) is 0 Å². The smallest absolute Gasteiger partial charge is 0.305 e. The first-order valence-electron chi connectivity index (χ1n) is 6.38. The normalized spacial score (nSPS) is 19.5. The number of carboxylic acids is 1. The van der Waals surface area contributed by atoms with Crippen LogP contribution in [0.5, 0.6) is 0 Å². The second-order valence-electron chi connectivity index (χ2n) is 5.04. The summed E-state index contributed by atoms with van der Waals surface area (Å²) in [7, 11) is 0. The fourth-order valence-corrected chi connectivity index (χ4v) is 2.39. The molecule has 1 aromatic rings. The molecule has 0 spiro atoms. The van der Waals surface area contributed by atoms with Crippen LogP contribution in [0.1, 0.15) is 44.7 Å². The van der Waals surface area contributed by atoms with Gasteiger partial charge < -0.3 is 10.0 Å². The maximum absolute atomic E-state index is 10.8. The standard InChI is InChI=1S/C13H19N3O2/c1-9(2)11-7-12(15-8-14-11)16-5-3-4-10(16)6-13(17)18/h7-10H,3-6H2,1-2H3,(H,17,18). The predicted molar refractivity (Wildman–Crippen MR) is 68.7 cm³/mol. The molecule has 18 heavy (non-hydrogen) atoms. The van der Waals surface area contributed by atoms with Gasteiger partial charge in [0, 0.05) is 24.3 Å². The molecule has 5 heteroatoms. The lowest BCUT2D eigenvalue weighted by Gasteiger charge is -2.24. The molecule has 0 aliphatic carbocycles. The molecule has 0 amide bonds.